The Morgan fingerprint density at radius 1 is 1.23 bits per heavy atom. The first kappa shape index (κ1) is 22.4. The number of fused-ring (bicyclic) bond motifs is 1. The van der Waals surface area contributed by atoms with Gasteiger partial charge in [-0.3, -0.25) is 0 Å². The van der Waals surface area contributed by atoms with Crippen LogP contribution in [0.15, 0.2) is 35.3 Å². The average Bonchev–Trinajstić information content (AvgIpc) is 2.79. The normalized spacial score (nSPS) is 18.7. The number of nitrogens with zero attached hydrogens (tertiary/aromatic N) is 3. The second-order valence-corrected chi connectivity index (χ2v) is 8.76. The van der Waals surface area contributed by atoms with Crippen molar-refractivity contribution in [2.24, 2.45) is 4.99 Å². The molecule has 1 saturated heterocycles. The van der Waals surface area contributed by atoms with Crippen molar-refractivity contribution in [2.75, 3.05) is 51.5 Å². The molecule has 2 aliphatic heterocycles. The molecule has 0 N–H and O–H groups in total. The molecule has 1 atom stereocenters. The van der Waals surface area contributed by atoms with Gasteiger partial charge in [-0.15, -0.1) is 0 Å². The Morgan fingerprint density at radius 3 is 2.77 bits per heavy atom. The molecule has 0 aromatic heterocycles. The van der Waals surface area contributed by atoms with Gasteiger partial charge in [-0.25, -0.2) is 0 Å². The van der Waals surface area contributed by atoms with E-state index in [1.165, 1.54) is 6.07 Å². The van der Waals surface area contributed by atoms with Crippen LogP contribution in [0, 0.1) is 5.82 Å². The number of aliphatic imine (C=N–C) groups is 1. The standard InChI is InChI=1S/C22H24AsClFN3O3/c1-29-20-13-19-16(12-21(20)31-8-2-5-27-6-9-30-10-7-27)22(23)26-14-28(19)15-3-4-18(25)17(24)11-15/h3-4,11-14,22H,2,5-10H2,1H3. The zero-order valence-electron chi connectivity index (χ0n) is 17.3. The van der Waals surface area contributed by atoms with E-state index in [0.29, 0.717) is 18.1 Å². The molecule has 2 aromatic carbocycles. The number of anilines is 2. The first-order valence-electron chi connectivity index (χ1n) is 10.2. The quantitative estimate of drug-likeness (QED) is 0.420. The molecule has 1 unspecified atom stereocenters. The van der Waals surface area contributed by atoms with E-state index in [4.69, 9.17) is 25.8 Å². The fourth-order valence-corrected chi connectivity index (χ4v) is 4.39. The molecule has 6 nitrogen and oxygen atoms in total. The Morgan fingerprint density at radius 2 is 2.03 bits per heavy atom. The van der Waals surface area contributed by atoms with Crippen LogP contribution in [0.25, 0.3) is 0 Å². The molecular formula is C22H24AsClFN3O3. The molecule has 164 valence electrons. The predicted octanol–water partition coefficient (Wildman–Crippen LogP) is 3.94. The predicted molar refractivity (Wildman–Crippen MR) is 121 cm³/mol. The van der Waals surface area contributed by atoms with Crippen LogP contribution in [-0.2, 0) is 4.74 Å². The van der Waals surface area contributed by atoms with Crippen molar-refractivity contribution in [3.63, 3.8) is 0 Å². The Hall–Kier alpha value is -1.79. The molecular weight excluding hydrogens is 484 g/mol. The average molecular weight is 508 g/mol. The molecule has 0 bridgehead atoms. The van der Waals surface area contributed by atoms with Gasteiger partial charge in [0, 0.05) is 0 Å². The number of rotatable bonds is 7. The van der Waals surface area contributed by atoms with Crippen LogP contribution in [0.1, 0.15) is 16.8 Å². The van der Waals surface area contributed by atoms with Crippen LogP contribution in [0.5, 0.6) is 11.5 Å². The first-order chi connectivity index (χ1) is 15.1. The zero-order chi connectivity index (χ0) is 21.8. The third-order valence-corrected chi connectivity index (χ3v) is 6.49. The van der Waals surface area contributed by atoms with E-state index in [9.17, 15) is 4.39 Å². The summed E-state index contributed by atoms with van der Waals surface area (Å²) in [6, 6.07) is 8.50. The molecule has 2 aliphatic rings. The molecule has 2 heterocycles. The first-order valence-corrected chi connectivity index (χ1v) is 11.6. The Balaban J connectivity index is 1.52. The van der Waals surface area contributed by atoms with E-state index >= 15 is 0 Å². The summed E-state index contributed by atoms with van der Waals surface area (Å²) < 4.78 is 30.7. The van der Waals surface area contributed by atoms with Gasteiger partial charge in [0.25, 0.3) is 0 Å². The van der Waals surface area contributed by atoms with Crippen molar-refractivity contribution in [1.82, 2.24) is 4.90 Å². The Kier molecular flexibility index (Phi) is 7.38. The second kappa shape index (κ2) is 10.2. The van der Waals surface area contributed by atoms with Crippen LogP contribution >= 0.6 is 11.6 Å². The number of ether oxygens (including phenoxy) is 3. The van der Waals surface area contributed by atoms with Gasteiger partial charge in [0.1, 0.15) is 0 Å². The summed E-state index contributed by atoms with van der Waals surface area (Å²) in [6.45, 7) is 5.11. The Bertz CT molecular complexity index is 956. The van der Waals surface area contributed by atoms with E-state index in [0.717, 1.165) is 56.2 Å². The number of halogens is 2. The SMILES string of the molecule is COc1cc2c(cc1OCCCN1CCOCC1)C([As])N=CN2c1ccc(F)c(Cl)c1. The van der Waals surface area contributed by atoms with Crippen molar-refractivity contribution in [3.05, 3.63) is 46.7 Å². The van der Waals surface area contributed by atoms with Gasteiger partial charge in [0.15, 0.2) is 0 Å². The van der Waals surface area contributed by atoms with Gasteiger partial charge in [-0.2, -0.15) is 0 Å². The number of methoxy groups -OCH3 is 1. The second-order valence-electron chi connectivity index (χ2n) is 7.32. The third-order valence-electron chi connectivity index (χ3n) is 5.34. The number of benzene rings is 2. The molecule has 1 fully saturated rings. The van der Waals surface area contributed by atoms with Crippen LogP contribution in [-0.4, -0.2) is 74.7 Å². The summed E-state index contributed by atoms with van der Waals surface area (Å²) in [7, 11) is 1.62. The topological polar surface area (TPSA) is 46.5 Å². The van der Waals surface area contributed by atoms with E-state index in [2.05, 4.69) is 26.7 Å². The van der Waals surface area contributed by atoms with Crippen LogP contribution < -0.4 is 14.4 Å². The van der Waals surface area contributed by atoms with Gasteiger partial charge in [0.05, 0.1) is 0 Å². The fourth-order valence-electron chi connectivity index (χ4n) is 3.66. The van der Waals surface area contributed by atoms with Crippen molar-refractivity contribution in [2.45, 2.75) is 11.3 Å². The van der Waals surface area contributed by atoms with Crippen molar-refractivity contribution < 1.29 is 18.6 Å². The summed E-state index contributed by atoms with van der Waals surface area (Å²) in [6.07, 6.45) is 2.64. The van der Waals surface area contributed by atoms with Gasteiger partial charge in [-0.05, 0) is 0 Å². The van der Waals surface area contributed by atoms with Gasteiger partial charge >= 0.3 is 196 Å². The zero-order valence-corrected chi connectivity index (χ0v) is 19.9. The van der Waals surface area contributed by atoms with Crippen molar-refractivity contribution >= 4 is 46.2 Å². The molecule has 0 aliphatic carbocycles. The minimum atomic E-state index is -0.456. The van der Waals surface area contributed by atoms with Gasteiger partial charge in [-0.1, -0.05) is 0 Å². The number of morpholine rings is 1. The van der Waals surface area contributed by atoms with E-state index in [1.54, 1.807) is 25.6 Å². The van der Waals surface area contributed by atoms with Crippen LogP contribution in [0.3, 0.4) is 0 Å². The maximum atomic E-state index is 13.6. The monoisotopic (exact) mass is 507 g/mol. The molecule has 0 spiro atoms. The van der Waals surface area contributed by atoms with E-state index in [1.807, 2.05) is 17.0 Å². The van der Waals surface area contributed by atoms with Crippen molar-refractivity contribution in [3.8, 4) is 11.5 Å². The molecule has 0 saturated carbocycles. The minimum absolute atomic E-state index is 0.0639. The maximum absolute atomic E-state index is 13.6. The van der Waals surface area contributed by atoms with Crippen LogP contribution in [0.4, 0.5) is 15.8 Å². The van der Waals surface area contributed by atoms with Crippen LogP contribution in [0.2, 0.25) is 5.02 Å². The Labute approximate surface area is 195 Å². The van der Waals surface area contributed by atoms with Gasteiger partial charge in [0.2, 0.25) is 0 Å². The van der Waals surface area contributed by atoms with E-state index < -0.39 is 5.82 Å². The van der Waals surface area contributed by atoms with Crippen molar-refractivity contribution in [1.29, 1.82) is 0 Å². The number of hydrogen-bond acceptors (Lipinski definition) is 6. The summed E-state index contributed by atoms with van der Waals surface area (Å²) in [5, 5.41) is 0.0639. The molecule has 9 heteroatoms. The fraction of sp³-hybridized carbons (Fsp3) is 0.409. The molecule has 2 radical (unpaired) electrons. The summed E-state index contributed by atoms with van der Waals surface area (Å²) in [5.74, 6) is 0.870. The summed E-state index contributed by atoms with van der Waals surface area (Å²) in [5.41, 5.74) is 2.59. The molecule has 2 aromatic rings. The molecule has 4 rings (SSSR count). The molecule has 31 heavy (non-hydrogen) atoms. The number of hydrogen-bond donors (Lipinski definition) is 0. The molecule has 0 amide bonds. The summed E-state index contributed by atoms with van der Waals surface area (Å²) in [4.78, 5) is 8.71. The summed E-state index contributed by atoms with van der Waals surface area (Å²) >= 11 is 8.55. The third kappa shape index (κ3) is 5.17. The van der Waals surface area contributed by atoms with E-state index in [-0.39, 0.29) is 9.85 Å². The van der Waals surface area contributed by atoms with Gasteiger partial charge < -0.3 is 0 Å².